The van der Waals surface area contributed by atoms with Gasteiger partial charge in [-0.3, -0.25) is 4.79 Å². The lowest BCUT2D eigenvalue weighted by atomic mass is 10.1. The van der Waals surface area contributed by atoms with Crippen LogP contribution in [-0.2, 0) is 22.1 Å². The molecule has 0 spiro atoms. The van der Waals surface area contributed by atoms with E-state index >= 15 is 0 Å². The molecule has 17 heavy (non-hydrogen) atoms. The second-order valence-electron chi connectivity index (χ2n) is 3.11. The van der Waals surface area contributed by atoms with Gasteiger partial charge < -0.3 is 4.74 Å². The van der Waals surface area contributed by atoms with E-state index < -0.39 is 29.8 Å². The molecular weight excluding hydrogens is 259 g/mol. The van der Waals surface area contributed by atoms with E-state index in [1.54, 1.807) is 6.92 Å². The number of alkyl halides is 3. The van der Waals surface area contributed by atoms with Crippen molar-refractivity contribution < 1.29 is 22.7 Å². The van der Waals surface area contributed by atoms with Crippen LogP contribution < -0.4 is 0 Å². The van der Waals surface area contributed by atoms with Crippen molar-refractivity contribution in [2.45, 2.75) is 19.5 Å². The Balaban J connectivity index is 3.04. The summed E-state index contributed by atoms with van der Waals surface area (Å²) in [5, 5.41) is -0.0997. The molecule has 0 N–H and O–H groups in total. The number of rotatable bonds is 3. The fourth-order valence-electron chi connectivity index (χ4n) is 1.22. The van der Waals surface area contributed by atoms with E-state index in [1.807, 2.05) is 0 Å². The number of carbonyl (C=O) groups is 1. The maximum atomic E-state index is 12.6. The van der Waals surface area contributed by atoms with Crippen LogP contribution in [0.2, 0.25) is 5.15 Å². The predicted octanol–water partition coefficient (Wildman–Crippen LogP) is 2.86. The lowest BCUT2D eigenvalue weighted by Gasteiger charge is -2.11. The van der Waals surface area contributed by atoms with E-state index in [1.165, 1.54) is 0 Å². The monoisotopic (exact) mass is 267 g/mol. The maximum Gasteiger partial charge on any atom is 0.418 e. The molecule has 0 saturated carbocycles. The van der Waals surface area contributed by atoms with Gasteiger partial charge in [0.15, 0.2) is 0 Å². The zero-order valence-corrected chi connectivity index (χ0v) is 9.60. The molecule has 94 valence electrons. The maximum absolute atomic E-state index is 12.6. The van der Waals surface area contributed by atoms with Gasteiger partial charge in [-0.1, -0.05) is 11.6 Å². The highest BCUT2D eigenvalue weighted by atomic mass is 35.5. The minimum Gasteiger partial charge on any atom is -0.466 e. The second-order valence-corrected chi connectivity index (χ2v) is 3.50. The van der Waals surface area contributed by atoms with Crippen molar-refractivity contribution in [1.29, 1.82) is 0 Å². The molecule has 0 unspecified atom stereocenters. The number of hydrogen-bond acceptors (Lipinski definition) is 3. The van der Waals surface area contributed by atoms with E-state index in [2.05, 4.69) is 9.72 Å². The molecule has 0 bridgehead atoms. The molecule has 0 aliphatic carbocycles. The predicted molar refractivity (Wildman–Crippen MR) is 54.6 cm³/mol. The van der Waals surface area contributed by atoms with Crippen LogP contribution in [0.15, 0.2) is 12.1 Å². The van der Waals surface area contributed by atoms with Gasteiger partial charge in [-0.25, -0.2) is 4.98 Å². The topological polar surface area (TPSA) is 39.2 Å². The minimum atomic E-state index is -4.57. The van der Waals surface area contributed by atoms with Gasteiger partial charge in [-0.05, 0) is 19.1 Å². The second kappa shape index (κ2) is 5.35. The van der Waals surface area contributed by atoms with Crippen molar-refractivity contribution in [3.63, 3.8) is 0 Å². The number of carbonyl (C=O) groups excluding carboxylic acids is 1. The number of esters is 1. The van der Waals surface area contributed by atoms with Gasteiger partial charge >= 0.3 is 12.1 Å². The number of nitrogens with zero attached hydrogens (tertiary/aromatic N) is 1. The minimum absolute atomic E-state index is 0.0980. The van der Waals surface area contributed by atoms with Gasteiger partial charge in [0.1, 0.15) is 5.15 Å². The molecule has 3 nitrogen and oxygen atoms in total. The van der Waals surface area contributed by atoms with Crippen LogP contribution in [0.1, 0.15) is 18.2 Å². The average molecular weight is 268 g/mol. The summed E-state index contributed by atoms with van der Waals surface area (Å²) in [7, 11) is 0. The van der Waals surface area contributed by atoms with Crippen LogP contribution in [0.4, 0.5) is 13.2 Å². The van der Waals surface area contributed by atoms with Gasteiger partial charge in [-0.2, -0.15) is 13.2 Å². The molecule has 0 atom stereocenters. The Bertz CT molecular complexity index is 421. The standard InChI is InChI=1S/C10H9ClF3NO2/c1-2-17-9(16)5-7-6(10(12,13)14)3-4-8(11)15-7/h3-4H,2,5H2,1H3. The van der Waals surface area contributed by atoms with E-state index in [-0.39, 0.29) is 11.8 Å². The van der Waals surface area contributed by atoms with Gasteiger partial charge in [-0.15, -0.1) is 0 Å². The van der Waals surface area contributed by atoms with E-state index in [4.69, 9.17) is 11.6 Å². The summed E-state index contributed by atoms with van der Waals surface area (Å²) in [6, 6.07) is 1.82. The van der Waals surface area contributed by atoms with Crippen molar-refractivity contribution in [3.8, 4) is 0 Å². The van der Waals surface area contributed by atoms with Crippen molar-refractivity contribution in [1.82, 2.24) is 4.98 Å². The Kier molecular flexibility index (Phi) is 4.34. The third-order valence-corrected chi connectivity index (χ3v) is 2.07. The summed E-state index contributed by atoms with van der Waals surface area (Å²) in [5.41, 5.74) is -1.40. The molecule has 7 heteroatoms. The van der Waals surface area contributed by atoms with Gasteiger partial charge in [0, 0.05) is 0 Å². The SMILES string of the molecule is CCOC(=O)Cc1nc(Cl)ccc1C(F)(F)F. The van der Waals surface area contributed by atoms with Gasteiger partial charge in [0.05, 0.1) is 24.3 Å². The summed E-state index contributed by atoms with van der Waals surface area (Å²) in [6.45, 7) is 1.66. The van der Waals surface area contributed by atoms with E-state index in [0.29, 0.717) is 0 Å². The Morgan fingerprint density at radius 3 is 2.65 bits per heavy atom. The van der Waals surface area contributed by atoms with E-state index in [0.717, 1.165) is 12.1 Å². The van der Waals surface area contributed by atoms with Crippen LogP contribution in [0.3, 0.4) is 0 Å². The Hall–Kier alpha value is -1.30. The first-order chi connectivity index (χ1) is 7.84. The molecule has 0 saturated heterocycles. The molecule has 0 amide bonds. The van der Waals surface area contributed by atoms with Crippen LogP contribution >= 0.6 is 11.6 Å². The zero-order valence-electron chi connectivity index (χ0n) is 8.84. The molecule has 0 aromatic carbocycles. The van der Waals surface area contributed by atoms with Crippen LogP contribution in [0.5, 0.6) is 0 Å². The molecule has 0 fully saturated rings. The Morgan fingerprint density at radius 2 is 2.12 bits per heavy atom. The van der Waals surface area contributed by atoms with Gasteiger partial charge in [0.25, 0.3) is 0 Å². The Labute approximate surface area is 101 Å². The first-order valence-corrected chi connectivity index (χ1v) is 5.10. The summed E-state index contributed by atoms with van der Waals surface area (Å²) < 4.78 is 42.3. The fourth-order valence-corrected chi connectivity index (χ4v) is 1.38. The highest BCUT2D eigenvalue weighted by Gasteiger charge is 2.34. The first-order valence-electron chi connectivity index (χ1n) is 4.72. The van der Waals surface area contributed by atoms with Gasteiger partial charge in [0.2, 0.25) is 0 Å². The van der Waals surface area contributed by atoms with Crippen LogP contribution in [0, 0.1) is 0 Å². The number of aromatic nitrogens is 1. The zero-order chi connectivity index (χ0) is 13.1. The van der Waals surface area contributed by atoms with Crippen molar-refractivity contribution in [2.75, 3.05) is 6.61 Å². The molecule has 1 aromatic heterocycles. The highest BCUT2D eigenvalue weighted by Crippen LogP contribution is 2.32. The molecular formula is C10H9ClF3NO2. The number of hydrogen-bond donors (Lipinski definition) is 0. The van der Waals surface area contributed by atoms with Crippen LogP contribution in [-0.4, -0.2) is 17.6 Å². The summed E-state index contributed by atoms with van der Waals surface area (Å²) >= 11 is 5.50. The molecule has 1 rings (SSSR count). The molecule has 1 aromatic rings. The first kappa shape index (κ1) is 13.8. The summed E-state index contributed by atoms with van der Waals surface area (Å²) in [4.78, 5) is 14.6. The fraction of sp³-hybridized carbons (Fsp3) is 0.400. The number of ether oxygens (including phenoxy) is 1. The summed E-state index contributed by atoms with van der Waals surface area (Å²) in [6.07, 6.45) is -5.12. The van der Waals surface area contributed by atoms with Crippen molar-refractivity contribution in [3.05, 3.63) is 28.5 Å². The summed E-state index contributed by atoms with van der Waals surface area (Å²) in [5.74, 6) is -0.771. The lowest BCUT2D eigenvalue weighted by Crippen LogP contribution is -2.15. The normalized spacial score (nSPS) is 11.4. The van der Waals surface area contributed by atoms with Crippen molar-refractivity contribution in [2.24, 2.45) is 0 Å². The molecule has 1 heterocycles. The third-order valence-electron chi connectivity index (χ3n) is 1.86. The van der Waals surface area contributed by atoms with E-state index in [9.17, 15) is 18.0 Å². The van der Waals surface area contributed by atoms with Crippen LogP contribution in [0.25, 0.3) is 0 Å². The average Bonchev–Trinajstić information content (AvgIpc) is 2.15. The molecule has 0 radical (unpaired) electrons. The third kappa shape index (κ3) is 3.89. The molecule has 0 aliphatic rings. The quantitative estimate of drug-likeness (QED) is 0.624. The Morgan fingerprint density at radius 1 is 1.47 bits per heavy atom. The lowest BCUT2D eigenvalue weighted by molar-refractivity contribution is -0.143. The number of pyridine rings is 1. The molecule has 0 aliphatic heterocycles. The van der Waals surface area contributed by atoms with Crippen molar-refractivity contribution >= 4 is 17.6 Å². The number of halogens is 4. The highest BCUT2D eigenvalue weighted by molar-refractivity contribution is 6.29. The smallest absolute Gasteiger partial charge is 0.418 e. The largest absolute Gasteiger partial charge is 0.466 e.